The number of anilines is 4. The molecule has 0 fully saturated rings. The maximum absolute atomic E-state index is 8.85. The van der Waals surface area contributed by atoms with Crippen LogP contribution in [0.25, 0.3) is 49.9 Å². The van der Waals surface area contributed by atoms with Gasteiger partial charge in [-0.25, -0.2) is 4.98 Å². The first-order valence-electron chi connectivity index (χ1n) is 23.2. The van der Waals surface area contributed by atoms with Gasteiger partial charge in [0.1, 0.15) is 17.3 Å². The largest absolute Gasteiger partial charge is 0.457 e. The summed E-state index contributed by atoms with van der Waals surface area (Å²) in [6, 6.07) is 32.6. The molecule has 0 saturated carbocycles. The van der Waals surface area contributed by atoms with Gasteiger partial charge in [-0.05, 0) is 76.7 Å². The average molecular weight is 737 g/mol. The molecule has 0 saturated heterocycles. The highest BCUT2D eigenvalue weighted by molar-refractivity contribution is 6.09. The van der Waals surface area contributed by atoms with Crippen molar-refractivity contribution in [2.45, 2.75) is 26.2 Å². The molecule has 2 aromatic heterocycles. The molecule has 0 bridgehead atoms. The van der Waals surface area contributed by atoms with Crippen molar-refractivity contribution in [1.29, 1.82) is 0 Å². The van der Waals surface area contributed by atoms with Gasteiger partial charge in [0.2, 0.25) is 0 Å². The van der Waals surface area contributed by atoms with Gasteiger partial charge in [0, 0.05) is 45.9 Å². The molecule has 0 spiro atoms. The molecule has 9 rings (SSSR count). The molecule has 0 radical (unpaired) electrons. The molecule has 56 heavy (non-hydrogen) atoms. The van der Waals surface area contributed by atoms with Gasteiger partial charge in [-0.1, -0.05) is 136 Å². The van der Waals surface area contributed by atoms with E-state index in [9.17, 15) is 0 Å². The normalized spacial score (nSPS) is 14.0. The van der Waals surface area contributed by atoms with Gasteiger partial charge in [0.25, 0.3) is 0 Å². The SMILES string of the molecule is [2H]c1c([2H])c([2H])c(-c2cccc(-c3c([2H])c([2H])c([2H])c([2H])c3[2H])c2Nc2ccccc2Nc2cccc(Oc3ccc4c5ccccc5n(-c5cc(C(C)(C)C)ccn5)c4c3)c2)c([2H])c1[2H]. The fraction of sp³-hybridized carbons (Fsp3) is 0.0784. The Hall–Kier alpha value is -7.11. The number of ether oxygens (including phenoxy) is 1. The fourth-order valence-electron chi connectivity index (χ4n) is 6.91. The number of aromatic nitrogens is 2. The van der Waals surface area contributed by atoms with Crippen LogP contribution in [0.2, 0.25) is 0 Å². The number of hydrogen-bond acceptors (Lipinski definition) is 4. The Morgan fingerprint density at radius 3 is 1.91 bits per heavy atom. The number of hydrogen-bond donors (Lipinski definition) is 2. The van der Waals surface area contributed by atoms with E-state index in [0.29, 0.717) is 28.6 Å². The smallest absolute Gasteiger partial charge is 0.137 e. The Morgan fingerprint density at radius 2 is 1.20 bits per heavy atom. The third-order valence-corrected chi connectivity index (χ3v) is 9.62. The van der Waals surface area contributed by atoms with Crippen LogP contribution in [0.4, 0.5) is 22.7 Å². The molecule has 2 N–H and O–H groups in total. The third-order valence-electron chi connectivity index (χ3n) is 9.62. The second-order valence-electron chi connectivity index (χ2n) is 14.3. The van der Waals surface area contributed by atoms with Crippen molar-refractivity contribution >= 4 is 44.6 Å². The second-order valence-corrected chi connectivity index (χ2v) is 14.3. The molecule has 2 heterocycles. The number of benzene rings is 7. The summed E-state index contributed by atoms with van der Waals surface area (Å²) >= 11 is 0. The first-order chi connectivity index (χ1) is 31.5. The summed E-state index contributed by atoms with van der Waals surface area (Å²) in [6.07, 6.45) is 1.85. The molecule has 5 heteroatoms. The predicted octanol–water partition coefficient (Wildman–Crippen LogP) is 14.1. The van der Waals surface area contributed by atoms with Crippen LogP contribution < -0.4 is 15.4 Å². The summed E-state index contributed by atoms with van der Waals surface area (Å²) in [7, 11) is 0. The lowest BCUT2D eigenvalue weighted by Crippen LogP contribution is -2.12. The monoisotopic (exact) mass is 736 g/mol. The predicted molar refractivity (Wildman–Crippen MR) is 234 cm³/mol. The van der Waals surface area contributed by atoms with E-state index in [-0.39, 0.29) is 33.4 Å². The Labute approximate surface area is 341 Å². The van der Waals surface area contributed by atoms with E-state index < -0.39 is 60.4 Å². The fourth-order valence-corrected chi connectivity index (χ4v) is 6.91. The molecule has 0 amide bonds. The van der Waals surface area contributed by atoms with Crippen molar-refractivity contribution < 1.29 is 18.4 Å². The van der Waals surface area contributed by atoms with Gasteiger partial charge >= 0.3 is 0 Å². The van der Waals surface area contributed by atoms with Crippen molar-refractivity contribution in [3.8, 4) is 39.6 Å². The van der Waals surface area contributed by atoms with E-state index in [2.05, 4.69) is 60.2 Å². The van der Waals surface area contributed by atoms with E-state index in [1.807, 2.05) is 72.9 Å². The molecule has 9 aromatic rings. The van der Waals surface area contributed by atoms with Gasteiger partial charge in [-0.2, -0.15) is 0 Å². The molecule has 0 aliphatic heterocycles. The number of nitrogens with one attached hydrogen (secondary N) is 2. The lowest BCUT2D eigenvalue weighted by atomic mass is 9.88. The summed E-state index contributed by atoms with van der Waals surface area (Å²) in [5.74, 6) is 1.97. The van der Waals surface area contributed by atoms with Crippen LogP contribution in [-0.4, -0.2) is 9.55 Å². The number of para-hydroxylation sites is 4. The van der Waals surface area contributed by atoms with E-state index >= 15 is 0 Å². The summed E-state index contributed by atoms with van der Waals surface area (Å²) < 4.78 is 94.3. The Kier molecular flexibility index (Phi) is 6.54. The average Bonchev–Trinajstić information content (AvgIpc) is 3.64. The molecule has 7 aromatic carbocycles. The minimum Gasteiger partial charge on any atom is -0.457 e. The first-order valence-corrected chi connectivity index (χ1v) is 18.2. The maximum Gasteiger partial charge on any atom is 0.137 e. The minimum absolute atomic E-state index is 0.0733. The second kappa shape index (κ2) is 14.6. The zero-order chi connectivity index (χ0) is 46.8. The lowest BCUT2D eigenvalue weighted by Gasteiger charge is -2.20. The summed E-state index contributed by atoms with van der Waals surface area (Å²) in [4.78, 5) is 4.80. The Morgan fingerprint density at radius 1 is 0.571 bits per heavy atom. The Bertz CT molecular complexity index is 3270. The third kappa shape index (κ3) is 6.87. The van der Waals surface area contributed by atoms with Gasteiger partial charge in [-0.3, -0.25) is 4.57 Å². The molecular formula is C51H42N4O. The number of nitrogens with zero attached hydrogens (tertiary/aromatic N) is 2. The van der Waals surface area contributed by atoms with Crippen LogP contribution in [0.3, 0.4) is 0 Å². The molecule has 0 atom stereocenters. The highest BCUT2D eigenvalue weighted by Gasteiger charge is 2.19. The number of pyridine rings is 1. The molecule has 0 aliphatic rings. The highest BCUT2D eigenvalue weighted by Crippen LogP contribution is 2.41. The van der Waals surface area contributed by atoms with E-state index in [1.165, 1.54) is 5.56 Å². The van der Waals surface area contributed by atoms with Crippen molar-refractivity contribution in [1.82, 2.24) is 9.55 Å². The summed E-state index contributed by atoms with van der Waals surface area (Å²) in [6.45, 7) is 6.54. The van der Waals surface area contributed by atoms with E-state index in [1.54, 1.807) is 30.3 Å². The maximum atomic E-state index is 8.85. The van der Waals surface area contributed by atoms with Crippen molar-refractivity contribution in [2.75, 3.05) is 10.6 Å². The van der Waals surface area contributed by atoms with Crippen LogP contribution in [0, 0.1) is 0 Å². The lowest BCUT2D eigenvalue weighted by molar-refractivity contribution is 0.483. The topological polar surface area (TPSA) is 51.1 Å². The molecule has 0 unspecified atom stereocenters. The van der Waals surface area contributed by atoms with Crippen LogP contribution in [-0.2, 0) is 5.41 Å². The molecule has 272 valence electrons. The zero-order valence-corrected chi connectivity index (χ0v) is 30.9. The van der Waals surface area contributed by atoms with Crippen molar-refractivity contribution in [2.24, 2.45) is 0 Å². The highest BCUT2D eigenvalue weighted by atomic mass is 16.5. The van der Waals surface area contributed by atoms with Gasteiger partial charge in [0.05, 0.1) is 41.8 Å². The first kappa shape index (κ1) is 25.1. The van der Waals surface area contributed by atoms with Crippen LogP contribution in [0.5, 0.6) is 11.5 Å². The van der Waals surface area contributed by atoms with Gasteiger partial charge in [0.15, 0.2) is 0 Å². The van der Waals surface area contributed by atoms with Crippen molar-refractivity contribution in [3.63, 3.8) is 0 Å². The molecule has 5 nitrogen and oxygen atoms in total. The summed E-state index contributed by atoms with van der Waals surface area (Å²) in [5, 5.41) is 8.99. The van der Waals surface area contributed by atoms with Crippen molar-refractivity contribution in [3.05, 3.63) is 194 Å². The molecule has 0 aliphatic carbocycles. The zero-order valence-electron chi connectivity index (χ0n) is 40.9. The standard InChI is InChI=1S/C51H42N4O/c1-51(2,3)37-30-31-52-49(32-37)55-47-27-13-10-22-43(47)44-29-28-40(34-48(44)55)56-39-21-14-20-38(33-39)53-45-25-11-12-26-46(45)54-50-41(35-16-6-4-7-17-35)23-15-24-42(50)36-18-8-5-9-19-36/h4-34,53-54H,1-3H3/i4D,5D,6D,7D,8D,9D,16D,17D,18D,19D. The number of fused-ring (bicyclic) bond motifs is 3. The van der Waals surface area contributed by atoms with Crippen LogP contribution in [0.15, 0.2) is 188 Å². The van der Waals surface area contributed by atoms with Crippen LogP contribution >= 0.6 is 0 Å². The number of rotatable bonds is 9. The quantitative estimate of drug-likeness (QED) is 0.155. The molecular weight excluding hydrogens is 685 g/mol. The van der Waals surface area contributed by atoms with Crippen LogP contribution in [0.1, 0.15) is 40.0 Å². The Balaban J connectivity index is 1.10. The summed E-state index contributed by atoms with van der Waals surface area (Å²) in [5.41, 5.74) is 4.99. The van der Waals surface area contributed by atoms with Gasteiger partial charge in [-0.15, -0.1) is 0 Å². The van der Waals surface area contributed by atoms with Gasteiger partial charge < -0.3 is 15.4 Å². The minimum atomic E-state index is -0.561. The van der Waals surface area contributed by atoms with E-state index in [4.69, 9.17) is 23.4 Å². The van der Waals surface area contributed by atoms with E-state index in [0.717, 1.165) is 27.6 Å².